The fourth-order valence-electron chi connectivity index (χ4n) is 2.78. The molecule has 23 heavy (non-hydrogen) atoms. The van der Waals surface area contributed by atoms with Crippen molar-refractivity contribution in [2.45, 2.75) is 31.3 Å². The Labute approximate surface area is 136 Å². The first-order valence-electron chi connectivity index (χ1n) is 8.25. The van der Waals surface area contributed by atoms with E-state index in [9.17, 15) is 9.59 Å². The molecule has 2 fully saturated rings. The van der Waals surface area contributed by atoms with Crippen LogP contribution in [0.3, 0.4) is 0 Å². The quantitative estimate of drug-likeness (QED) is 0.829. The summed E-state index contributed by atoms with van der Waals surface area (Å²) >= 11 is 0. The number of rotatable bonds is 6. The standard InChI is InChI=1S/C18H23N3O2/c22-17(20-15-8-9-15)13-16-18(23)19-10-12-21(16)11-4-7-14-5-2-1-3-6-14/h1-7,15-16H,8-13H2,(H,19,23)(H,20,22)/b7-4+/t16-/m1/s1. The molecule has 122 valence electrons. The molecule has 2 N–H and O–H groups in total. The summed E-state index contributed by atoms with van der Waals surface area (Å²) in [5.74, 6) is -0.0677. The van der Waals surface area contributed by atoms with E-state index in [0.717, 1.165) is 24.9 Å². The van der Waals surface area contributed by atoms with Crippen LogP contribution in [-0.4, -0.2) is 48.4 Å². The lowest BCUT2D eigenvalue weighted by atomic mass is 10.1. The largest absolute Gasteiger partial charge is 0.353 e. The summed E-state index contributed by atoms with van der Waals surface area (Å²) in [5.41, 5.74) is 1.14. The Morgan fingerprint density at radius 1 is 1.30 bits per heavy atom. The van der Waals surface area contributed by atoms with Crippen LogP contribution in [0.4, 0.5) is 0 Å². The van der Waals surface area contributed by atoms with E-state index in [2.05, 4.69) is 21.6 Å². The first kappa shape index (κ1) is 15.7. The van der Waals surface area contributed by atoms with Gasteiger partial charge in [-0.1, -0.05) is 42.5 Å². The van der Waals surface area contributed by atoms with Crippen molar-refractivity contribution in [3.63, 3.8) is 0 Å². The zero-order chi connectivity index (χ0) is 16.1. The predicted molar refractivity (Wildman–Crippen MR) is 89.6 cm³/mol. The van der Waals surface area contributed by atoms with Gasteiger partial charge in [0.05, 0.1) is 12.5 Å². The average Bonchev–Trinajstić information content (AvgIpc) is 3.35. The molecule has 0 bridgehead atoms. The molecule has 1 aromatic rings. The van der Waals surface area contributed by atoms with Gasteiger partial charge in [0.2, 0.25) is 11.8 Å². The van der Waals surface area contributed by atoms with Gasteiger partial charge in [0, 0.05) is 25.7 Å². The maximum Gasteiger partial charge on any atom is 0.237 e. The van der Waals surface area contributed by atoms with Crippen LogP contribution in [0.15, 0.2) is 36.4 Å². The van der Waals surface area contributed by atoms with Crippen LogP contribution in [0.1, 0.15) is 24.8 Å². The summed E-state index contributed by atoms with van der Waals surface area (Å²) in [6, 6.07) is 10.0. The highest BCUT2D eigenvalue weighted by Crippen LogP contribution is 2.19. The first-order chi connectivity index (χ1) is 11.2. The number of carbonyl (C=O) groups excluding carboxylic acids is 2. The molecule has 0 unspecified atom stereocenters. The molecule has 1 aliphatic carbocycles. The molecule has 1 atom stereocenters. The van der Waals surface area contributed by atoms with Gasteiger partial charge in [-0.05, 0) is 18.4 Å². The number of carbonyl (C=O) groups is 2. The summed E-state index contributed by atoms with van der Waals surface area (Å²) in [6.45, 7) is 2.08. The van der Waals surface area contributed by atoms with Gasteiger partial charge in [-0.2, -0.15) is 0 Å². The minimum atomic E-state index is -0.372. The number of benzene rings is 1. The van der Waals surface area contributed by atoms with E-state index >= 15 is 0 Å². The highest BCUT2D eigenvalue weighted by atomic mass is 16.2. The summed E-state index contributed by atoms with van der Waals surface area (Å²) in [4.78, 5) is 26.2. The zero-order valence-corrected chi connectivity index (χ0v) is 13.2. The third-order valence-corrected chi connectivity index (χ3v) is 4.21. The summed E-state index contributed by atoms with van der Waals surface area (Å²) in [5, 5.41) is 5.82. The van der Waals surface area contributed by atoms with Crippen molar-refractivity contribution in [3.8, 4) is 0 Å². The molecule has 1 saturated carbocycles. The topological polar surface area (TPSA) is 61.4 Å². The van der Waals surface area contributed by atoms with Crippen LogP contribution >= 0.6 is 0 Å². The number of nitrogens with zero attached hydrogens (tertiary/aromatic N) is 1. The van der Waals surface area contributed by atoms with Crippen LogP contribution in [0, 0.1) is 0 Å². The Kier molecular flexibility index (Phi) is 5.08. The zero-order valence-electron chi connectivity index (χ0n) is 13.2. The summed E-state index contributed by atoms with van der Waals surface area (Å²) < 4.78 is 0. The van der Waals surface area contributed by atoms with E-state index in [-0.39, 0.29) is 24.3 Å². The second-order valence-electron chi connectivity index (χ2n) is 6.16. The summed E-state index contributed by atoms with van der Waals surface area (Å²) in [7, 11) is 0. The molecule has 0 radical (unpaired) electrons. The maximum atomic E-state index is 12.1. The maximum absolute atomic E-state index is 12.1. The van der Waals surface area contributed by atoms with Gasteiger partial charge < -0.3 is 10.6 Å². The molecule has 1 heterocycles. The van der Waals surface area contributed by atoms with Gasteiger partial charge in [-0.15, -0.1) is 0 Å². The normalized spacial score (nSPS) is 22.1. The van der Waals surface area contributed by atoms with E-state index in [1.54, 1.807) is 0 Å². The predicted octanol–water partition coefficient (Wildman–Crippen LogP) is 1.17. The molecule has 5 nitrogen and oxygen atoms in total. The monoisotopic (exact) mass is 313 g/mol. The Bertz CT molecular complexity index is 581. The Hall–Kier alpha value is -2.14. The van der Waals surface area contributed by atoms with Crippen LogP contribution in [-0.2, 0) is 9.59 Å². The van der Waals surface area contributed by atoms with Crippen molar-refractivity contribution in [1.29, 1.82) is 0 Å². The molecular formula is C18H23N3O2. The van der Waals surface area contributed by atoms with Crippen LogP contribution < -0.4 is 10.6 Å². The molecule has 1 saturated heterocycles. The van der Waals surface area contributed by atoms with Crippen LogP contribution in [0.25, 0.3) is 6.08 Å². The first-order valence-corrected chi connectivity index (χ1v) is 8.25. The van der Waals surface area contributed by atoms with Crippen molar-refractivity contribution in [2.24, 2.45) is 0 Å². The Morgan fingerprint density at radius 3 is 2.83 bits per heavy atom. The second-order valence-corrected chi connectivity index (χ2v) is 6.16. The van der Waals surface area contributed by atoms with E-state index < -0.39 is 0 Å². The molecule has 5 heteroatoms. The Morgan fingerprint density at radius 2 is 2.09 bits per heavy atom. The summed E-state index contributed by atoms with van der Waals surface area (Å²) in [6.07, 6.45) is 6.47. The number of hydrogen-bond donors (Lipinski definition) is 2. The lowest BCUT2D eigenvalue weighted by Crippen LogP contribution is -2.56. The molecule has 0 aromatic heterocycles. The van der Waals surface area contributed by atoms with Crippen LogP contribution in [0.5, 0.6) is 0 Å². The fourth-order valence-corrected chi connectivity index (χ4v) is 2.78. The van der Waals surface area contributed by atoms with Crippen molar-refractivity contribution >= 4 is 17.9 Å². The highest BCUT2D eigenvalue weighted by Gasteiger charge is 2.32. The Balaban J connectivity index is 1.57. The highest BCUT2D eigenvalue weighted by molar-refractivity contribution is 5.89. The third kappa shape index (κ3) is 4.66. The third-order valence-electron chi connectivity index (χ3n) is 4.21. The molecule has 1 aromatic carbocycles. The smallest absolute Gasteiger partial charge is 0.237 e. The molecular weight excluding hydrogens is 290 g/mol. The van der Waals surface area contributed by atoms with Crippen molar-refractivity contribution < 1.29 is 9.59 Å². The van der Waals surface area contributed by atoms with E-state index in [4.69, 9.17) is 0 Å². The van der Waals surface area contributed by atoms with Gasteiger partial charge in [-0.25, -0.2) is 0 Å². The van der Waals surface area contributed by atoms with Gasteiger partial charge >= 0.3 is 0 Å². The fraction of sp³-hybridized carbons (Fsp3) is 0.444. The second kappa shape index (κ2) is 7.42. The molecule has 3 rings (SSSR count). The molecule has 1 aliphatic heterocycles. The lowest BCUT2D eigenvalue weighted by molar-refractivity contribution is -0.133. The SMILES string of the molecule is O=C(C[C@@H]1C(=O)NCCN1C/C=C/c1ccccc1)NC1CC1. The number of hydrogen-bond acceptors (Lipinski definition) is 3. The average molecular weight is 313 g/mol. The van der Waals surface area contributed by atoms with Gasteiger partial charge in [-0.3, -0.25) is 14.5 Å². The van der Waals surface area contributed by atoms with E-state index in [0.29, 0.717) is 19.1 Å². The minimum absolute atomic E-state index is 0.0217. The van der Waals surface area contributed by atoms with Crippen molar-refractivity contribution in [2.75, 3.05) is 19.6 Å². The number of piperazine rings is 1. The van der Waals surface area contributed by atoms with Crippen LogP contribution in [0.2, 0.25) is 0 Å². The van der Waals surface area contributed by atoms with Crippen molar-refractivity contribution in [1.82, 2.24) is 15.5 Å². The lowest BCUT2D eigenvalue weighted by Gasteiger charge is -2.33. The number of amides is 2. The minimum Gasteiger partial charge on any atom is -0.353 e. The van der Waals surface area contributed by atoms with Gasteiger partial charge in [0.15, 0.2) is 0 Å². The van der Waals surface area contributed by atoms with Gasteiger partial charge in [0.1, 0.15) is 0 Å². The van der Waals surface area contributed by atoms with E-state index in [1.807, 2.05) is 36.4 Å². The molecule has 2 amide bonds. The van der Waals surface area contributed by atoms with E-state index in [1.165, 1.54) is 0 Å². The van der Waals surface area contributed by atoms with Crippen molar-refractivity contribution in [3.05, 3.63) is 42.0 Å². The molecule has 2 aliphatic rings. The van der Waals surface area contributed by atoms with Gasteiger partial charge in [0.25, 0.3) is 0 Å². The molecule has 0 spiro atoms. The number of nitrogens with one attached hydrogen (secondary N) is 2.